The molecule has 0 spiro atoms. The van der Waals surface area contributed by atoms with Crippen molar-refractivity contribution in [1.82, 2.24) is 9.88 Å². The number of carbonyl (C=O) groups excluding carboxylic acids is 1. The second-order valence-electron chi connectivity index (χ2n) is 8.69. The van der Waals surface area contributed by atoms with Gasteiger partial charge in [0.05, 0.1) is 9.90 Å². The third-order valence-corrected chi connectivity index (χ3v) is 9.34. The third kappa shape index (κ3) is 5.97. The zero-order valence-electron chi connectivity index (χ0n) is 19.7. The lowest BCUT2D eigenvalue weighted by atomic mass is 9.90. The highest BCUT2D eigenvalue weighted by atomic mass is 32.2. The molecule has 7 heteroatoms. The lowest BCUT2D eigenvalue weighted by molar-refractivity contribution is -0.134. The Morgan fingerprint density at radius 1 is 1.09 bits per heavy atom. The van der Waals surface area contributed by atoms with Crippen molar-refractivity contribution in [3.05, 3.63) is 77.0 Å². The predicted molar refractivity (Wildman–Crippen MR) is 148 cm³/mol. The number of hydrogen-bond donors (Lipinski definition) is 0. The van der Waals surface area contributed by atoms with E-state index in [4.69, 9.17) is 9.72 Å². The Labute approximate surface area is 219 Å². The first-order valence-electron chi connectivity index (χ1n) is 11.8. The molecular formula is C28H28N2O2S3. The van der Waals surface area contributed by atoms with Crippen molar-refractivity contribution >= 4 is 40.3 Å². The van der Waals surface area contributed by atoms with Gasteiger partial charge in [0, 0.05) is 29.6 Å². The second kappa shape index (κ2) is 11.4. The van der Waals surface area contributed by atoms with Gasteiger partial charge < -0.3 is 9.64 Å². The Morgan fingerprint density at radius 2 is 1.91 bits per heavy atom. The van der Waals surface area contributed by atoms with Crippen LogP contribution in [-0.4, -0.2) is 41.7 Å². The summed E-state index contributed by atoms with van der Waals surface area (Å²) in [6.07, 6.45) is 5.28. The van der Waals surface area contributed by atoms with Crippen molar-refractivity contribution < 1.29 is 9.53 Å². The van der Waals surface area contributed by atoms with Crippen LogP contribution in [0.3, 0.4) is 0 Å². The van der Waals surface area contributed by atoms with Gasteiger partial charge in [-0.05, 0) is 60.6 Å². The molecule has 3 heterocycles. The number of nitrogens with zero attached hydrogens (tertiary/aromatic N) is 2. The van der Waals surface area contributed by atoms with Gasteiger partial charge in [-0.15, -0.1) is 34.4 Å². The monoisotopic (exact) mass is 520 g/mol. The summed E-state index contributed by atoms with van der Waals surface area (Å²) in [7, 11) is 0. The molecule has 0 N–H and O–H groups in total. The number of amides is 1. The largest absolute Gasteiger partial charge is 0.484 e. The fraction of sp³-hybridized carbons (Fsp3) is 0.286. The lowest BCUT2D eigenvalue weighted by Gasteiger charge is -2.32. The summed E-state index contributed by atoms with van der Waals surface area (Å²) < 4.78 is 7.19. The molecule has 0 unspecified atom stereocenters. The van der Waals surface area contributed by atoms with E-state index in [9.17, 15) is 4.79 Å². The number of rotatable bonds is 8. The molecule has 0 atom stereocenters. The maximum absolute atomic E-state index is 12.8. The number of ether oxygens (including phenoxy) is 1. The van der Waals surface area contributed by atoms with Gasteiger partial charge in [-0.3, -0.25) is 4.79 Å². The normalized spacial score (nSPS) is 14.3. The number of aromatic nitrogens is 1. The zero-order valence-corrected chi connectivity index (χ0v) is 22.1. The van der Waals surface area contributed by atoms with Crippen molar-refractivity contribution in [2.24, 2.45) is 5.92 Å². The van der Waals surface area contributed by atoms with Crippen molar-refractivity contribution in [1.29, 1.82) is 0 Å². The van der Waals surface area contributed by atoms with Crippen molar-refractivity contribution in [3.63, 3.8) is 0 Å². The Bertz CT molecular complexity index is 1260. The summed E-state index contributed by atoms with van der Waals surface area (Å²) >= 11 is 5.16. The molecule has 180 valence electrons. The quantitative estimate of drug-likeness (QED) is 0.232. The van der Waals surface area contributed by atoms with Gasteiger partial charge in [0.25, 0.3) is 5.91 Å². The minimum absolute atomic E-state index is 0.0616. The van der Waals surface area contributed by atoms with Crippen LogP contribution in [0.2, 0.25) is 0 Å². The van der Waals surface area contributed by atoms with Crippen LogP contribution in [0, 0.1) is 5.92 Å². The van der Waals surface area contributed by atoms with Gasteiger partial charge in [-0.1, -0.05) is 42.5 Å². The van der Waals surface area contributed by atoms with Gasteiger partial charge in [0.2, 0.25) is 0 Å². The van der Waals surface area contributed by atoms with Crippen LogP contribution in [0.4, 0.5) is 0 Å². The van der Waals surface area contributed by atoms with Crippen LogP contribution < -0.4 is 4.74 Å². The number of piperidine rings is 1. The van der Waals surface area contributed by atoms with E-state index < -0.39 is 0 Å². The van der Waals surface area contributed by atoms with E-state index in [0.29, 0.717) is 11.7 Å². The fourth-order valence-electron chi connectivity index (χ4n) is 4.46. The Kier molecular flexibility index (Phi) is 7.86. The molecule has 1 fully saturated rings. The van der Waals surface area contributed by atoms with Crippen LogP contribution >= 0.6 is 34.4 Å². The first-order valence-corrected chi connectivity index (χ1v) is 14.8. The smallest absolute Gasteiger partial charge is 0.260 e. The first-order chi connectivity index (χ1) is 17.2. The average molecular weight is 521 g/mol. The summed E-state index contributed by atoms with van der Waals surface area (Å²) in [6.45, 7) is 1.69. The molecular weight excluding hydrogens is 493 g/mol. The van der Waals surface area contributed by atoms with Gasteiger partial charge >= 0.3 is 0 Å². The number of thiophene rings is 1. The highest BCUT2D eigenvalue weighted by molar-refractivity contribution is 8.00. The average Bonchev–Trinajstić information content (AvgIpc) is 3.58. The molecule has 0 bridgehead atoms. The summed E-state index contributed by atoms with van der Waals surface area (Å²) in [5, 5.41) is 5.23. The molecule has 0 saturated carbocycles. The minimum Gasteiger partial charge on any atom is -0.484 e. The molecule has 1 aliphatic rings. The SMILES string of the molecule is CSc1sccc1-c1nc(-c2cccc(OCC(=O)N3CCC(Cc4ccccc4)CC3)c2)cs1. The van der Waals surface area contributed by atoms with Crippen molar-refractivity contribution in [3.8, 4) is 27.6 Å². The molecule has 0 radical (unpaired) electrons. The molecule has 5 rings (SSSR count). The molecule has 2 aromatic heterocycles. The summed E-state index contributed by atoms with van der Waals surface area (Å²) in [5.74, 6) is 1.40. The molecule has 1 amide bonds. The fourth-order valence-corrected chi connectivity index (χ4v) is 7.00. The summed E-state index contributed by atoms with van der Waals surface area (Å²) in [6, 6.07) is 20.6. The van der Waals surface area contributed by atoms with E-state index in [2.05, 4.69) is 53.4 Å². The second-order valence-corrected chi connectivity index (χ2v) is 11.5. The number of hydrogen-bond acceptors (Lipinski definition) is 6. The van der Waals surface area contributed by atoms with Gasteiger partial charge in [0.15, 0.2) is 6.61 Å². The Balaban J connectivity index is 1.15. The highest BCUT2D eigenvalue weighted by Gasteiger charge is 2.23. The predicted octanol–water partition coefficient (Wildman–Crippen LogP) is 7.12. The number of thioether (sulfide) groups is 1. The lowest BCUT2D eigenvalue weighted by Crippen LogP contribution is -2.41. The van der Waals surface area contributed by atoms with Gasteiger partial charge in [-0.25, -0.2) is 4.98 Å². The van der Waals surface area contributed by atoms with E-state index in [1.165, 1.54) is 15.3 Å². The third-order valence-electron chi connectivity index (χ3n) is 6.38. The van der Waals surface area contributed by atoms with Gasteiger partial charge in [-0.2, -0.15) is 0 Å². The number of likely N-dealkylation sites (tertiary alicyclic amines) is 1. The zero-order chi connectivity index (χ0) is 24.0. The topological polar surface area (TPSA) is 42.4 Å². The van der Waals surface area contributed by atoms with E-state index in [0.717, 1.165) is 48.6 Å². The van der Waals surface area contributed by atoms with Crippen LogP contribution in [0.1, 0.15) is 18.4 Å². The number of carbonyl (C=O) groups is 1. The maximum Gasteiger partial charge on any atom is 0.260 e. The maximum atomic E-state index is 12.8. The summed E-state index contributed by atoms with van der Waals surface area (Å²) in [4.78, 5) is 19.6. The molecule has 2 aromatic carbocycles. The van der Waals surface area contributed by atoms with Crippen LogP contribution in [0.15, 0.2) is 75.6 Å². The summed E-state index contributed by atoms with van der Waals surface area (Å²) in [5.41, 5.74) is 4.51. The highest BCUT2D eigenvalue weighted by Crippen LogP contribution is 2.38. The minimum atomic E-state index is 0.0616. The van der Waals surface area contributed by atoms with Crippen molar-refractivity contribution in [2.75, 3.05) is 26.0 Å². The van der Waals surface area contributed by atoms with E-state index in [-0.39, 0.29) is 12.5 Å². The molecule has 1 saturated heterocycles. The van der Waals surface area contributed by atoms with E-state index >= 15 is 0 Å². The first kappa shape index (κ1) is 24.1. The standard InChI is InChI=1S/C28H28N2O2S3/c1-33-28-24(12-15-34-28)27-29-25(19-35-27)22-8-5-9-23(17-22)32-18-26(31)30-13-10-21(11-14-30)16-20-6-3-2-4-7-20/h2-9,12,15,17,19,21H,10-11,13-14,16,18H2,1H3. The van der Waals surface area contributed by atoms with Crippen molar-refractivity contribution in [2.45, 2.75) is 23.5 Å². The molecule has 0 aliphatic carbocycles. The number of thiazole rings is 1. The van der Waals surface area contributed by atoms with E-state index in [1.54, 1.807) is 34.4 Å². The Morgan fingerprint density at radius 3 is 2.71 bits per heavy atom. The molecule has 4 nitrogen and oxygen atoms in total. The van der Waals surface area contributed by atoms with Gasteiger partial charge in [0.1, 0.15) is 10.8 Å². The molecule has 1 aliphatic heterocycles. The van der Waals surface area contributed by atoms with Crippen LogP contribution in [0.5, 0.6) is 5.75 Å². The van der Waals surface area contributed by atoms with Crippen LogP contribution in [0.25, 0.3) is 21.8 Å². The van der Waals surface area contributed by atoms with Crippen LogP contribution in [-0.2, 0) is 11.2 Å². The molecule has 4 aromatic rings. The Hall–Kier alpha value is -2.61. The number of benzene rings is 2. The molecule has 35 heavy (non-hydrogen) atoms. The van der Waals surface area contributed by atoms with E-state index in [1.807, 2.05) is 29.2 Å².